The summed E-state index contributed by atoms with van der Waals surface area (Å²) in [6, 6.07) is 5.18. The lowest BCUT2D eigenvalue weighted by Gasteiger charge is -2.08. The molecule has 0 radical (unpaired) electrons. The fourth-order valence-corrected chi connectivity index (χ4v) is 1.27. The van der Waals surface area contributed by atoms with Crippen LogP contribution >= 0.6 is 11.6 Å². The van der Waals surface area contributed by atoms with Crippen molar-refractivity contribution >= 4 is 17.5 Å². The van der Waals surface area contributed by atoms with Crippen LogP contribution in [0.3, 0.4) is 0 Å². The lowest BCUT2D eigenvalue weighted by molar-refractivity contribution is 0.0951. The van der Waals surface area contributed by atoms with Crippen molar-refractivity contribution in [3.05, 3.63) is 34.3 Å². The van der Waals surface area contributed by atoms with Gasteiger partial charge in [0.15, 0.2) is 0 Å². The molecule has 0 saturated carbocycles. The maximum atomic E-state index is 11.6. The van der Waals surface area contributed by atoms with E-state index in [1.807, 2.05) is 19.9 Å². The van der Waals surface area contributed by atoms with E-state index in [1.54, 1.807) is 12.1 Å². The minimum atomic E-state index is -0.144. The van der Waals surface area contributed by atoms with Gasteiger partial charge in [0.05, 0.1) is 0 Å². The van der Waals surface area contributed by atoms with Crippen LogP contribution in [0.15, 0.2) is 18.2 Å². The molecule has 4 heteroatoms. The minimum Gasteiger partial charge on any atom is -0.350 e. The van der Waals surface area contributed by atoms with Gasteiger partial charge in [-0.05, 0) is 31.5 Å². The Bertz CT molecular complexity index is 364. The quantitative estimate of drug-likeness (QED) is 0.825. The molecule has 1 amide bonds. The largest absolute Gasteiger partial charge is 0.350 e. The van der Waals surface area contributed by atoms with E-state index in [-0.39, 0.29) is 11.9 Å². The van der Waals surface area contributed by atoms with Crippen LogP contribution in [0, 0.1) is 6.92 Å². The summed E-state index contributed by atoms with van der Waals surface area (Å²) in [6.07, 6.45) is 0. The van der Waals surface area contributed by atoms with Crippen LogP contribution in [0.25, 0.3) is 0 Å². The molecular formula is C11H15ClN2O. The molecule has 0 saturated heterocycles. The highest BCUT2D eigenvalue weighted by atomic mass is 35.5. The molecule has 1 aromatic rings. The van der Waals surface area contributed by atoms with Gasteiger partial charge in [-0.15, -0.1) is 0 Å². The molecule has 1 aromatic carbocycles. The highest BCUT2D eigenvalue weighted by Crippen LogP contribution is 2.16. The average molecular weight is 227 g/mol. The molecule has 0 spiro atoms. The Labute approximate surface area is 94.6 Å². The van der Waals surface area contributed by atoms with E-state index in [2.05, 4.69) is 5.32 Å². The van der Waals surface area contributed by atoms with Gasteiger partial charge in [0.2, 0.25) is 0 Å². The van der Waals surface area contributed by atoms with Crippen LogP contribution in [0.5, 0.6) is 0 Å². The molecule has 1 atom stereocenters. The van der Waals surface area contributed by atoms with Gasteiger partial charge in [-0.1, -0.05) is 17.7 Å². The SMILES string of the molecule is Cc1ccc(C(=O)NCC(C)N)cc1Cl. The summed E-state index contributed by atoms with van der Waals surface area (Å²) in [5, 5.41) is 3.32. The monoisotopic (exact) mass is 226 g/mol. The highest BCUT2D eigenvalue weighted by Gasteiger charge is 2.07. The Morgan fingerprint density at radius 2 is 2.27 bits per heavy atom. The number of nitrogens with one attached hydrogen (secondary N) is 1. The second kappa shape index (κ2) is 5.14. The zero-order chi connectivity index (χ0) is 11.4. The summed E-state index contributed by atoms with van der Waals surface area (Å²) in [5.74, 6) is -0.144. The predicted octanol–water partition coefficient (Wildman–Crippen LogP) is 1.73. The standard InChI is InChI=1S/C11H15ClN2O/c1-7-3-4-9(5-10(7)12)11(15)14-6-8(2)13/h3-5,8H,6,13H2,1-2H3,(H,14,15). The highest BCUT2D eigenvalue weighted by molar-refractivity contribution is 6.31. The first-order chi connectivity index (χ1) is 7.00. The number of carbonyl (C=O) groups excluding carboxylic acids is 1. The Morgan fingerprint density at radius 3 is 2.80 bits per heavy atom. The summed E-state index contributed by atoms with van der Waals surface area (Å²) in [6.45, 7) is 4.19. The number of hydrogen-bond donors (Lipinski definition) is 2. The van der Waals surface area contributed by atoms with Crippen LogP contribution < -0.4 is 11.1 Å². The van der Waals surface area contributed by atoms with Crippen molar-refractivity contribution in [2.45, 2.75) is 19.9 Å². The molecule has 0 aliphatic carbocycles. The van der Waals surface area contributed by atoms with Crippen LogP contribution in [0.2, 0.25) is 5.02 Å². The Kier molecular flexibility index (Phi) is 4.12. The second-order valence-corrected chi connectivity index (χ2v) is 4.06. The number of hydrogen-bond acceptors (Lipinski definition) is 2. The van der Waals surface area contributed by atoms with Gasteiger partial charge in [0, 0.05) is 23.2 Å². The molecule has 82 valence electrons. The van der Waals surface area contributed by atoms with E-state index in [1.165, 1.54) is 0 Å². The Hall–Kier alpha value is -1.06. The smallest absolute Gasteiger partial charge is 0.251 e. The van der Waals surface area contributed by atoms with Crippen LogP contribution in [0.1, 0.15) is 22.8 Å². The summed E-state index contributed by atoms with van der Waals surface area (Å²) in [5.41, 5.74) is 7.05. The van der Waals surface area contributed by atoms with Crippen molar-refractivity contribution in [1.82, 2.24) is 5.32 Å². The molecule has 3 nitrogen and oxygen atoms in total. The molecule has 15 heavy (non-hydrogen) atoms. The predicted molar refractivity (Wildman–Crippen MR) is 62.2 cm³/mol. The normalized spacial score (nSPS) is 12.3. The van der Waals surface area contributed by atoms with Crippen LogP contribution in [-0.2, 0) is 0 Å². The van der Waals surface area contributed by atoms with Crippen LogP contribution in [-0.4, -0.2) is 18.5 Å². The third-order valence-electron chi connectivity index (χ3n) is 2.02. The first kappa shape index (κ1) is 12.0. The topological polar surface area (TPSA) is 55.1 Å². The molecule has 0 bridgehead atoms. The number of amides is 1. The van der Waals surface area contributed by atoms with Crippen molar-refractivity contribution in [3.8, 4) is 0 Å². The average Bonchev–Trinajstić information content (AvgIpc) is 2.18. The number of carbonyl (C=O) groups is 1. The van der Waals surface area contributed by atoms with Gasteiger partial charge < -0.3 is 11.1 Å². The molecule has 0 aliphatic heterocycles. The van der Waals surface area contributed by atoms with E-state index in [0.717, 1.165) is 5.56 Å². The molecule has 0 aliphatic rings. The van der Waals surface area contributed by atoms with E-state index in [9.17, 15) is 4.79 Å². The summed E-state index contributed by atoms with van der Waals surface area (Å²) < 4.78 is 0. The summed E-state index contributed by atoms with van der Waals surface area (Å²) in [4.78, 5) is 11.6. The van der Waals surface area contributed by atoms with E-state index in [0.29, 0.717) is 17.1 Å². The van der Waals surface area contributed by atoms with E-state index in [4.69, 9.17) is 17.3 Å². The summed E-state index contributed by atoms with van der Waals surface area (Å²) in [7, 11) is 0. The van der Waals surface area contributed by atoms with Crippen molar-refractivity contribution < 1.29 is 4.79 Å². The Morgan fingerprint density at radius 1 is 1.60 bits per heavy atom. The van der Waals surface area contributed by atoms with Gasteiger partial charge in [-0.25, -0.2) is 0 Å². The molecule has 0 heterocycles. The van der Waals surface area contributed by atoms with Gasteiger partial charge in [-0.2, -0.15) is 0 Å². The fraction of sp³-hybridized carbons (Fsp3) is 0.364. The van der Waals surface area contributed by atoms with E-state index >= 15 is 0 Å². The second-order valence-electron chi connectivity index (χ2n) is 3.65. The third kappa shape index (κ3) is 3.53. The zero-order valence-corrected chi connectivity index (χ0v) is 9.64. The van der Waals surface area contributed by atoms with Crippen molar-refractivity contribution in [3.63, 3.8) is 0 Å². The first-order valence-electron chi connectivity index (χ1n) is 4.80. The zero-order valence-electron chi connectivity index (χ0n) is 8.88. The molecule has 0 fully saturated rings. The first-order valence-corrected chi connectivity index (χ1v) is 5.18. The van der Waals surface area contributed by atoms with Crippen LogP contribution in [0.4, 0.5) is 0 Å². The van der Waals surface area contributed by atoms with Gasteiger partial charge in [0.25, 0.3) is 5.91 Å². The Balaban J connectivity index is 2.70. The van der Waals surface area contributed by atoms with Gasteiger partial charge >= 0.3 is 0 Å². The number of rotatable bonds is 3. The summed E-state index contributed by atoms with van der Waals surface area (Å²) >= 11 is 5.92. The lowest BCUT2D eigenvalue weighted by Crippen LogP contribution is -2.35. The minimum absolute atomic E-state index is 0.0464. The fourth-order valence-electron chi connectivity index (χ4n) is 1.09. The van der Waals surface area contributed by atoms with E-state index < -0.39 is 0 Å². The van der Waals surface area contributed by atoms with Crippen molar-refractivity contribution in [2.75, 3.05) is 6.54 Å². The molecule has 1 unspecified atom stereocenters. The van der Waals surface area contributed by atoms with Crippen molar-refractivity contribution in [1.29, 1.82) is 0 Å². The number of benzene rings is 1. The number of halogens is 1. The number of aryl methyl sites for hydroxylation is 1. The molecular weight excluding hydrogens is 212 g/mol. The van der Waals surface area contributed by atoms with Gasteiger partial charge in [-0.3, -0.25) is 4.79 Å². The maximum Gasteiger partial charge on any atom is 0.251 e. The lowest BCUT2D eigenvalue weighted by atomic mass is 10.1. The van der Waals surface area contributed by atoms with Gasteiger partial charge in [0.1, 0.15) is 0 Å². The number of nitrogens with two attached hydrogens (primary N) is 1. The maximum absolute atomic E-state index is 11.6. The third-order valence-corrected chi connectivity index (χ3v) is 2.43. The molecule has 0 aromatic heterocycles. The molecule has 3 N–H and O–H groups in total. The molecule has 1 rings (SSSR count). The van der Waals surface area contributed by atoms with Crippen molar-refractivity contribution in [2.24, 2.45) is 5.73 Å².